The monoisotopic (exact) mass is 393 g/mol. The third kappa shape index (κ3) is 3.69. The molecule has 0 atom stereocenters. The summed E-state index contributed by atoms with van der Waals surface area (Å²) in [6, 6.07) is 10.8. The number of β-amino-alcohol motifs (C(OH)–C–C–N with tert-alkyl or cyclic N) is 1. The Kier molecular flexibility index (Phi) is 5.38. The minimum Gasteiger partial charge on any atom is -0.457 e. The Labute approximate surface area is 164 Å². The van der Waals surface area contributed by atoms with Crippen molar-refractivity contribution in [1.29, 1.82) is 5.26 Å². The first-order valence-corrected chi connectivity index (χ1v) is 8.52. The second kappa shape index (κ2) is 7.92. The van der Waals surface area contributed by atoms with Crippen molar-refractivity contribution in [3.63, 3.8) is 0 Å². The second-order valence-corrected chi connectivity index (χ2v) is 6.16. The van der Waals surface area contributed by atoms with Crippen molar-refractivity contribution in [2.24, 2.45) is 0 Å². The minimum atomic E-state index is -0.743. The van der Waals surface area contributed by atoms with Crippen LogP contribution in [-0.4, -0.2) is 39.9 Å². The lowest BCUT2D eigenvalue weighted by molar-refractivity contribution is -0.384. The molecule has 2 heterocycles. The number of aliphatic hydroxyl groups excluding tert-OH is 1. The maximum atomic E-state index is 12.7. The molecule has 0 bridgehead atoms. The van der Waals surface area contributed by atoms with Crippen LogP contribution in [0.3, 0.4) is 0 Å². The number of nitrogens with zero attached hydrogens (tertiary/aromatic N) is 3. The van der Waals surface area contributed by atoms with Crippen LogP contribution in [0.15, 0.2) is 57.5 Å². The molecule has 1 N–H and O–H groups in total. The van der Waals surface area contributed by atoms with Gasteiger partial charge in [-0.1, -0.05) is 0 Å². The lowest BCUT2D eigenvalue weighted by Crippen LogP contribution is -2.44. The molecule has 3 rings (SSSR count). The summed E-state index contributed by atoms with van der Waals surface area (Å²) in [5.74, 6) is -0.641. The SMILES string of the molecule is CC1=C(C#N)C(=O)N(CCO)C(=O)/C1=C/c1ccc(-c2ccc([N+](=O)[O-])cc2)o1. The van der Waals surface area contributed by atoms with Crippen molar-refractivity contribution in [3.05, 3.63) is 69.0 Å². The number of nitro benzene ring substituents is 1. The van der Waals surface area contributed by atoms with Crippen molar-refractivity contribution < 1.29 is 24.0 Å². The summed E-state index contributed by atoms with van der Waals surface area (Å²) < 4.78 is 5.70. The van der Waals surface area contributed by atoms with Gasteiger partial charge in [-0.2, -0.15) is 5.26 Å². The van der Waals surface area contributed by atoms with E-state index in [1.165, 1.54) is 25.1 Å². The molecule has 0 unspecified atom stereocenters. The fourth-order valence-electron chi connectivity index (χ4n) is 2.91. The van der Waals surface area contributed by atoms with Gasteiger partial charge in [-0.3, -0.25) is 24.6 Å². The topological polar surface area (TPSA) is 138 Å². The van der Waals surface area contributed by atoms with E-state index in [9.17, 15) is 25.0 Å². The number of carbonyl (C=O) groups excluding carboxylic acids is 2. The van der Waals surface area contributed by atoms with Crippen LogP contribution in [0.25, 0.3) is 17.4 Å². The molecule has 0 spiro atoms. The van der Waals surface area contributed by atoms with Crippen LogP contribution >= 0.6 is 0 Å². The predicted octanol–water partition coefficient (Wildman–Crippen LogP) is 2.44. The van der Waals surface area contributed by atoms with E-state index in [-0.39, 0.29) is 29.0 Å². The van der Waals surface area contributed by atoms with Crippen LogP contribution in [0.5, 0.6) is 0 Å². The van der Waals surface area contributed by atoms with Gasteiger partial charge in [0, 0.05) is 23.3 Å². The first kappa shape index (κ1) is 19.7. The van der Waals surface area contributed by atoms with Crippen LogP contribution in [0.2, 0.25) is 0 Å². The van der Waals surface area contributed by atoms with E-state index >= 15 is 0 Å². The Hall–Kier alpha value is -4.03. The van der Waals surface area contributed by atoms with E-state index in [0.717, 1.165) is 4.90 Å². The molecule has 9 heteroatoms. The third-order valence-corrected chi connectivity index (χ3v) is 4.43. The molecule has 1 aliphatic heterocycles. The van der Waals surface area contributed by atoms with Gasteiger partial charge in [0.2, 0.25) is 0 Å². The molecule has 0 aliphatic carbocycles. The number of hydrogen-bond donors (Lipinski definition) is 1. The number of non-ortho nitro benzene ring substituents is 1. The van der Waals surface area contributed by atoms with Crippen LogP contribution in [0.1, 0.15) is 12.7 Å². The van der Waals surface area contributed by atoms with Gasteiger partial charge in [-0.25, -0.2) is 0 Å². The molecule has 29 heavy (non-hydrogen) atoms. The zero-order valence-corrected chi connectivity index (χ0v) is 15.3. The number of furan rings is 1. The minimum absolute atomic E-state index is 0.0473. The Morgan fingerprint density at radius 1 is 1.21 bits per heavy atom. The van der Waals surface area contributed by atoms with Crippen molar-refractivity contribution in [3.8, 4) is 17.4 Å². The van der Waals surface area contributed by atoms with E-state index in [1.54, 1.807) is 30.3 Å². The number of imide groups is 1. The molecule has 0 saturated carbocycles. The molecule has 0 fully saturated rings. The molecule has 2 amide bonds. The Morgan fingerprint density at radius 2 is 1.90 bits per heavy atom. The normalized spacial score (nSPS) is 15.8. The highest BCUT2D eigenvalue weighted by atomic mass is 16.6. The summed E-state index contributed by atoms with van der Waals surface area (Å²) in [6.07, 6.45) is 1.42. The summed E-state index contributed by atoms with van der Waals surface area (Å²) in [4.78, 5) is 36.0. The largest absolute Gasteiger partial charge is 0.457 e. The number of aliphatic hydroxyl groups is 1. The molecule has 1 aromatic heterocycles. The third-order valence-electron chi connectivity index (χ3n) is 4.43. The lowest BCUT2D eigenvalue weighted by Gasteiger charge is -2.26. The molecule has 1 aromatic carbocycles. The molecule has 0 saturated heterocycles. The highest BCUT2D eigenvalue weighted by molar-refractivity contribution is 6.19. The van der Waals surface area contributed by atoms with E-state index < -0.39 is 23.3 Å². The van der Waals surface area contributed by atoms with Crippen molar-refractivity contribution in [2.45, 2.75) is 6.92 Å². The first-order valence-electron chi connectivity index (χ1n) is 8.52. The predicted molar refractivity (Wildman–Crippen MR) is 101 cm³/mol. The van der Waals surface area contributed by atoms with E-state index in [0.29, 0.717) is 17.1 Å². The summed E-state index contributed by atoms with van der Waals surface area (Å²) >= 11 is 0. The molecule has 1 aliphatic rings. The van der Waals surface area contributed by atoms with Gasteiger partial charge in [0.1, 0.15) is 23.2 Å². The lowest BCUT2D eigenvalue weighted by atomic mass is 9.95. The van der Waals surface area contributed by atoms with Gasteiger partial charge < -0.3 is 9.52 Å². The number of rotatable bonds is 5. The van der Waals surface area contributed by atoms with E-state index in [1.807, 2.05) is 0 Å². The van der Waals surface area contributed by atoms with Gasteiger partial charge in [0.05, 0.1) is 18.1 Å². The molecular formula is C20H15N3O6. The zero-order valence-electron chi connectivity index (χ0n) is 15.3. The molecule has 0 radical (unpaired) electrons. The highest BCUT2D eigenvalue weighted by Gasteiger charge is 2.35. The second-order valence-electron chi connectivity index (χ2n) is 6.16. The Balaban J connectivity index is 1.98. The number of amides is 2. The van der Waals surface area contributed by atoms with E-state index in [4.69, 9.17) is 9.52 Å². The standard InChI is InChI=1S/C20H15N3O6/c1-12-16(19(25)22(8-9-24)20(26)17(12)11-21)10-15-6-7-18(29-15)13-2-4-14(5-3-13)23(27)28/h2-7,10,24H,8-9H2,1H3/b16-10+. The first-order chi connectivity index (χ1) is 13.9. The fraction of sp³-hybridized carbons (Fsp3) is 0.150. The maximum absolute atomic E-state index is 12.7. The maximum Gasteiger partial charge on any atom is 0.271 e. The van der Waals surface area contributed by atoms with Crippen molar-refractivity contribution in [1.82, 2.24) is 4.90 Å². The van der Waals surface area contributed by atoms with Gasteiger partial charge >= 0.3 is 0 Å². The van der Waals surface area contributed by atoms with Gasteiger partial charge in [0.25, 0.3) is 17.5 Å². The average molecular weight is 393 g/mol. The molecule has 2 aromatic rings. The number of nitriles is 1. The fourth-order valence-corrected chi connectivity index (χ4v) is 2.91. The molecule has 9 nitrogen and oxygen atoms in total. The summed E-state index contributed by atoms with van der Waals surface area (Å²) in [5.41, 5.74) is 0.724. The van der Waals surface area contributed by atoms with Crippen LogP contribution in [-0.2, 0) is 9.59 Å². The van der Waals surface area contributed by atoms with Gasteiger partial charge in [-0.15, -0.1) is 0 Å². The van der Waals surface area contributed by atoms with E-state index in [2.05, 4.69) is 0 Å². The average Bonchev–Trinajstić information content (AvgIpc) is 3.18. The Bertz CT molecular complexity index is 1100. The van der Waals surface area contributed by atoms with Crippen LogP contribution < -0.4 is 0 Å². The number of hydrogen-bond acceptors (Lipinski definition) is 7. The van der Waals surface area contributed by atoms with Crippen LogP contribution in [0.4, 0.5) is 5.69 Å². The quantitative estimate of drug-likeness (QED) is 0.356. The summed E-state index contributed by atoms with van der Waals surface area (Å²) in [5, 5.41) is 29.1. The number of benzene rings is 1. The summed E-state index contributed by atoms with van der Waals surface area (Å²) in [6.45, 7) is 0.851. The molecular weight excluding hydrogens is 378 g/mol. The number of nitro groups is 1. The van der Waals surface area contributed by atoms with Gasteiger partial charge in [0.15, 0.2) is 0 Å². The van der Waals surface area contributed by atoms with Gasteiger partial charge in [-0.05, 0) is 42.8 Å². The Morgan fingerprint density at radius 3 is 2.48 bits per heavy atom. The number of carbonyl (C=O) groups is 2. The summed E-state index contributed by atoms with van der Waals surface area (Å²) in [7, 11) is 0. The highest BCUT2D eigenvalue weighted by Crippen LogP contribution is 2.29. The van der Waals surface area contributed by atoms with Crippen LogP contribution in [0, 0.1) is 21.4 Å². The smallest absolute Gasteiger partial charge is 0.271 e. The van der Waals surface area contributed by atoms with Crippen molar-refractivity contribution in [2.75, 3.05) is 13.2 Å². The van der Waals surface area contributed by atoms with Crippen molar-refractivity contribution >= 4 is 23.6 Å². The molecule has 146 valence electrons. The zero-order chi connectivity index (χ0) is 21.1.